The van der Waals surface area contributed by atoms with Crippen LogP contribution < -0.4 is 15.0 Å². The minimum Gasteiger partial charge on any atom is -0.507 e. The molecule has 180 valence electrons. The first-order valence-corrected chi connectivity index (χ1v) is 11.5. The molecule has 2 aromatic rings. The number of likely N-dealkylation sites (N-methyl/N-ethyl adjacent to an activating group) is 1. The number of hydrogen-bond donors (Lipinski definition) is 2. The van der Waals surface area contributed by atoms with Crippen molar-refractivity contribution in [3.05, 3.63) is 34.6 Å². The molecule has 0 saturated carbocycles. The average molecular weight is 490 g/mol. The molecule has 5 rings (SSSR count). The Bertz CT molecular complexity index is 1160. The van der Waals surface area contributed by atoms with Crippen molar-refractivity contribution < 1.29 is 23.8 Å². The van der Waals surface area contributed by atoms with E-state index in [4.69, 9.17) is 16.3 Å². The van der Waals surface area contributed by atoms with E-state index in [1.165, 1.54) is 18.2 Å². The van der Waals surface area contributed by atoms with Crippen LogP contribution in [0, 0.1) is 5.82 Å². The predicted octanol–water partition coefficient (Wildman–Crippen LogP) is 1.72. The zero-order valence-electron chi connectivity index (χ0n) is 18.8. The summed E-state index contributed by atoms with van der Waals surface area (Å²) in [4.78, 5) is 36.3. The molecule has 0 spiro atoms. The molecule has 9 nitrogen and oxygen atoms in total. The normalized spacial score (nSPS) is 22.8. The van der Waals surface area contributed by atoms with Gasteiger partial charge < -0.3 is 29.9 Å². The first-order chi connectivity index (χ1) is 16.3. The topological polar surface area (TPSA) is 98.2 Å². The minimum atomic E-state index is -0.718. The number of benzene rings is 1. The van der Waals surface area contributed by atoms with E-state index in [2.05, 4.69) is 10.3 Å². The molecule has 2 atom stereocenters. The molecule has 3 aliphatic rings. The van der Waals surface area contributed by atoms with Gasteiger partial charge in [0.2, 0.25) is 5.91 Å². The van der Waals surface area contributed by atoms with Crippen molar-refractivity contribution in [1.29, 1.82) is 0 Å². The lowest BCUT2D eigenvalue weighted by molar-refractivity contribution is -0.132. The molecule has 1 aromatic heterocycles. The Labute approximate surface area is 201 Å². The molecule has 0 aliphatic carbocycles. The number of halogens is 2. The largest absolute Gasteiger partial charge is 0.507 e. The molecule has 4 heterocycles. The van der Waals surface area contributed by atoms with E-state index in [1.54, 1.807) is 28.7 Å². The van der Waals surface area contributed by atoms with Gasteiger partial charge in [0.25, 0.3) is 5.91 Å². The summed E-state index contributed by atoms with van der Waals surface area (Å²) < 4.78 is 20.9. The second-order valence-corrected chi connectivity index (χ2v) is 9.11. The number of anilines is 1. The van der Waals surface area contributed by atoms with Crippen LogP contribution in [-0.2, 0) is 4.79 Å². The number of phenolic OH excluding ortho intramolecular Hbond substituents is 1. The van der Waals surface area contributed by atoms with E-state index in [1.807, 2.05) is 0 Å². The summed E-state index contributed by atoms with van der Waals surface area (Å²) in [6, 6.07) is 3.07. The number of nitrogens with zero attached hydrogens (tertiary/aromatic N) is 4. The van der Waals surface area contributed by atoms with Crippen LogP contribution in [-0.4, -0.2) is 90.2 Å². The molecule has 1 aromatic carbocycles. The third-order valence-electron chi connectivity index (χ3n) is 6.70. The number of carbonyl (C=O) groups is 2. The third-order valence-corrected chi connectivity index (χ3v) is 7.05. The van der Waals surface area contributed by atoms with Crippen molar-refractivity contribution in [2.75, 3.05) is 51.3 Å². The fraction of sp³-hybridized carbons (Fsp3) is 0.435. The van der Waals surface area contributed by atoms with Crippen LogP contribution in [0.4, 0.5) is 10.2 Å². The fourth-order valence-electron chi connectivity index (χ4n) is 4.78. The van der Waals surface area contributed by atoms with Gasteiger partial charge in [0.05, 0.1) is 11.6 Å². The van der Waals surface area contributed by atoms with Gasteiger partial charge in [0.1, 0.15) is 46.3 Å². The van der Waals surface area contributed by atoms with Crippen LogP contribution in [0.15, 0.2) is 18.2 Å². The Morgan fingerprint density at radius 3 is 2.76 bits per heavy atom. The average Bonchev–Trinajstić information content (AvgIpc) is 2.97. The highest BCUT2D eigenvalue weighted by Crippen LogP contribution is 2.46. The van der Waals surface area contributed by atoms with Gasteiger partial charge in [-0.3, -0.25) is 9.59 Å². The van der Waals surface area contributed by atoms with E-state index < -0.39 is 11.9 Å². The Morgan fingerprint density at radius 1 is 1.21 bits per heavy atom. The number of rotatable bonds is 2. The summed E-state index contributed by atoms with van der Waals surface area (Å²) in [5.41, 5.74) is -0.0853. The molecule has 2 saturated heterocycles. The Balaban J connectivity index is 1.76. The van der Waals surface area contributed by atoms with Gasteiger partial charge in [-0.2, -0.15) is 0 Å². The third kappa shape index (κ3) is 3.52. The first-order valence-electron chi connectivity index (χ1n) is 11.2. The number of aromatic hydroxyl groups is 1. The van der Waals surface area contributed by atoms with Gasteiger partial charge in [-0.15, -0.1) is 0 Å². The summed E-state index contributed by atoms with van der Waals surface area (Å²) in [6.07, 6.45) is 0. The second kappa shape index (κ2) is 8.59. The van der Waals surface area contributed by atoms with Crippen LogP contribution >= 0.6 is 11.6 Å². The van der Waals surface area contributed by atoms with Gasteiger partial charge in [-0.1, -0.05) is 17.7 Å². The summed E-state index contributed by atoms with van der Waals surface area (Å²) in [7, 11) is 1.72. The highest BCUT2D eigenvalue weighted by molar-refractivity contribution is 6.35. The van der Waals surface area contributed by atoms with Crippen molar-refractivity contribution in [3.8, 4) is 22.8 Å². The molecule has 2 amide bonds. The van der Waals surface area contributed by atoms with Crippen molar-refractivity contribution in [1.82, 2.24) is 20.1 Å². The molecule has 0 radical (unpaired) electrons. The monoisotopic (exact) mass is 489 g/mol. The van der Waals surface area contributed by atoms with Crippen LogP contribution in [0.3, 0.4) is 0 Å². The smallest absolute Gasteiger partial charge is 0.261 e. The lowest BCUT2D eigenvalue weighted by atomic mass is 10.0. The Morgan fingerprint density at radius 2 is 2.00 bits per heavy atom. The van der Waals surface area contributed by atoms with Crippen LogP contribution in [0.25, 0.3) is 11.3 Å². The molecule has 0 unspecified atom stereocenters. The molecular formula is C23H25ClFN5O4. The molecule has 34 heavy (non-hydrogen) atoms. The quantitative estimate of drug-likeness (QED) is 0.662. The van der Waals surface area contributed by atoms with Crippen LogP contribution in [0.2, 0.25) is 5.02 Å². The van der Waals surface area contributed by atoms with Gasteiger partial charge in [-0.05, 0) is 19.1 Å². The first kappa shape index (κ1) is 22.7. The number of ether oxygens (including phenoxy) is 1. The summed E-state index contributed by atoms with van der Waals surface area (Å²) in [5.74, 6) is -1.22. The molecule has 11 heteroatoms. The zero-order chi connectivity index (χ0) is 24.1. The van der Waals surface area contributed by atoms with Gasteiger partial charge in [0.15, 0.2) is 5.75 Å². The fourth-order valence-corrected chi connectivity index (χ4v) is 5.07. The highest BCUT2D eigenvalue weighted by atomic mass is 35.5. The highest BCUT2D eigenvalue weighted by Gasteiger charge is 2.41. The number of fused-ring (bicyclic) bond motifs is 2. The number of amides is 2. The number of piperazine rings is 2. The van der Waals surface area contributed by atoms with Crippen LogP contribution in [0.1, 0.15) is 17.3 Å². The van der Waals surface area contributed by atoms with E-state index in [0.29, 0.717) is 32.7 Å². The maximum Gasteiger partial charge on any atom is 0.261 e. The zero-order valence-corrected chi connectivity index (χ0v) is 19.6. The second-order valence-electron chi connectivity index (χ2n) is 8.73. The van der Waals surface area contributed by atoms with E-state index in [0.717, 1.165) is 0 Å². The predicted molar refractivity (Wildman–Crippen MR) is 124 cm³/mol. The number of phenols is 1. The maximum atomic E-state index is 14.9. The summed E-state index contributed by atoms with van der Waals surface area (Å²) in [5, 5.41) is 13.6. The number of hydrogen-bond acceptors (Lipinski definition) is 7. The SMILES string of the molecule is C[C@H]1C(=O)N(C)CCN1c1nc(-c2c(O)cccc2F)c(Cl)c2c1C(=O)N1CCNC[C@@H]1CO2. The van der Waals surface area contributed by atoms with E-state index in [-0.39, 0.29) is 63.6 Å². The maximum absolute atomic E-state index is 14.9. The Kier molecular flexibility index (Phi) is 5.73. The number of pyridine rings is 1. The van der Waals surface area contributed by atoms with Gasteiger partial charge >= 0.3 is 0 Å². The van der Waals surface area contributed by atoms with Gasteiger partial charge in [0, 0.05) is 39.8 Å². The van der Waals surface area contributed by atoms with Crippen molar-refractivity contribution in [3.63, 3.8) is 0 Å². The summed E-state index contributed by atoms with van der Waals surface area (Å²) >= 11 is 6.69. The molecule has 0 bridgehead atoms. The number of nitrogens with one attached hydrogen (secondary N) is 1. The van der Waals surface area contributed by atoms with Crippen molar-refractivity contribution >= 4 is 29.2 Å². The number of aromatic nitrogens is 1. The summed E-state index contributed by atoms with van der Waals surface area (Å²) in [6.45, 7) is 4.43. The molecular weight excluding hydrogens is 465 g/mol. The molecule has 2 fully saturated rings. The molecule has 2 N–H and O–H groups in total. The lowest BCUT2D eigenvalue weighted by Gasteiger charge is -2.39. The molecule has 3 aliphatic heterocycles. The van der Waals surface area contributed by atoms with Gasteiger partial charge in [-0.25, -0.2) is 9.37 Å². The van der Waals surface area contributed by atoms with E-state index >= 15 is 0 Å². The van der Waals surface area contributed by atoms with Crippen LogP contribution in [0.5, 0.6) is 11.5 Å². The van der Waals surface area contributed by atoms with Crippen molar-refractivity contribution in [2.45, 2.75) is 19.0 Å². The Hall–Kier alpha value is -3.11. The lowest BCUT2D eigenvalue weighted by Crippen LogP contribution is -2.56. The standard InChI is InChI=1S/C23H25ClFN5O4/c1-12-22(32)28(2)8-9-29(12)21-17-20(34-11-13-10-26-6-7-30(13)23(17)33)18(24)19(27-21)16-14(25)4-3-5-15(16)31/h3-5,12-13,26,31H,6-11H2,1-2H3/t12-,13+/m0/s1. The minimum absolute atomic E-state index is 0.0459. The van der Waals surface area contributed by atoms with Crippen molar-refractivity contribution in [2.24, 2.45) is 0 Å². The van der Waals surface area contributed by atoms with E-state index in [9.17, 15) is 19.1 Å². The number of carbonyl (C=O) groups excluding carboxylic acids is 2.